The lowest BCUT2D eigenvalue weighted by molar-refractivity contribution is -0.116. The molecule has 2 aromatic rings. The van der Waals surface area contributed by atoms with Gasteiger partial charge in [-0.15, -0.1) is 0 Å². The highest BCUT2D eigenvalue weighted by atomic mass is 35.5. The first-order valence-corrected chi connectivity index (χ1v) is 7.32. The minimum Gasteiger partial charge on any atom is -0.491 e. The van der Waals surface area contributed by atoms with Gasteiger partial charge >= 0.3 is 0 Å². The Morgan fingerprint density at radius 3 is 2.48 bits per heavy atom. The Hall–Kier alpha value is -1.42. The summed E-state index contributed by atoms with van der Waals surface area (Å²) in [7, 11) is 0. The molecule has 0 aliphatic carbocycles. The van der Waals surface area contributed by atoms with Crippen molar-refractivity contribution in [3.05, 3.63) is 57.5 Å². The number of amides is 1. The first kappa shape index (κ1) is 16.0. The molecule has 0 radical (unpaired) electrons. The Balaban J connectivity index is 1.85. The molecule has 3 nitrogen and oxygen atoms in total. The summed E-state index contributed by atoms with van der Waals surface area (Å²) in [6.07, 6.45) is 0.175. The fraction of sp³-hybridized carbons (Fsp3) is 0.133. The number of para-hydroxylation sites is 1. The van der Waals surface area contributed by atoms with E-state index in [0.29, 0.717) is 26.5 Å². The molecule has 0 bridgehead atoms. The van der Waals surface area contributed by atoms with Gasteiger partial charge in [0, 0.05) is 0 Å². The summed E-state index contributed by atoms with van der Waals surface area (Å²) in [4.78, 5) is 11.8. The number of hydrogen-bond donors (Lipinski definition) is 1. The molecule has 0 atom stereocenters. The lowest BCUT2D eigenvalue weighted by atomic mass is 10.3. The molecule has 2 rings (SSSR count). The number of anilines is 1. The van der Waals surface area contributed by atoms with Crippen LogP contribution in [0.5, 0.6) is 5.75 Å². The van der Waals surface area contributed by atoms with Crippen LogP contribution in [0.3, 0.4) is 0 Å². The van der Waals surface area contributed by atoms with Crippen LogP contribution in [0, 0.1) is 0 Å². The van der Waals surface area contributed by atoms with Crippen molar-refractivity contribution in [1.82, 2.24) is 0 Å². The Bertz CT molecular complexity index is 647. The summed E-state index contributed by atoms with van der Waals surface area (Å²) in [6, 6.07) is 12.1. The minimum atomic E-state index is -0.216. The molecule has 110 valence electrons. The van der Waals surface area contributed by atoms with Gasteiger partial charge in [-0.3, -0.25) is 4.79 Å². The largest absolute Gasteiger partial charge is 0.491 e. The lowest BCUT2D eigenvalue weighted by Gasteiger charge is -2.09. The molecule has 6 heteroatoms. The average molecular weight is 345 g/mol. The van der Waals surface area contributed by atoms with E-state index in [-0.39, 0.29) is 18.9 Å². The topological polar surface area (TPSA) is 38.3 Å². The highest BCUT2D eigenvalue weighted by molar-refractivity contribution is 6.44. The van der Waals surface area contributed by atoms with Gasteiger partial charge in [0.15, 0.2) is 0 Å². The van der Waals surface area contributed by atoms with Gasteiger partial charge in [-0.1, -0.05) is 53.0 Å². The second-order valence-corrected chi connectivity index (χ2v) is 5.37. The molecule has 0 heterocycles. The number of ether oxygens (including phenoxy) is 1. The van der Waals surface area contributed by atoms with Gasteiger partial charge in [0.25, 0.3) is 0 Å². The van der Waals surface area contributed by atoms with Crippen LogP contribution in [0.4, 0.5) is 5.69 Å². The maximum absolute atomic E-state index is 11.8. The van der Waals surface area contributed by atoms with E-state index in [1.807, 2.05) is 12.1 Å². The van der Waals surface area contributed by atoms with E-state index in [1.165, 1.54) is 0 Å². The van der Waals surface area contributed by atoms with E-state index in [1.54, 1.807) is 30.3 Å². The van der Waals surface area contributed by atoms with E-state index in [0.717, 1.165) is 0 Å². The van der Waals surface area contributed by atoms with Crippen molar-refractivity contribution in [3.8, 4) is 5.75 Å². The van der Waals surface area contributed by atoms with Crippen LogP contribution in [-0.4, -0.2) is 12.5 Å². The molecule has 0 saturated carbocycles. The maximum Gasteiger partial charge on any atom is 0.227 e. The molecule has 21 heavy (non-hydrogen) atoms. The van der Waals surface area contributed by atoms with Crippen molar-refractivity contribution in [1.29, 1.82) is 0 Å². The van der Waals surface area contributed by atoms with Crippen molar-refractivity contribution in [3.63, 3.8) is 0 Å². The third-order valence-electron chi connectivity index (χ3n) is 2.65. The van der Waals surface area contributed by atoms with Crippen molar-refractivity contribution in [2.75, 3.05) is 11.9 Å². The zero-order valence-electron chi connectivity index (χ0n) is 10.9. The Morgan fingerprint density at radius 1 is 1.00 bits per heavy atom. The van der Waals surface area contributed by atoms with E-state index in [2.05, 4.69) is 5.32 Å². The minimum absolute atomic E-state index is 0.175. The van der Waals surface area contributed by atoms with Crippen molar-refractivity contribution >= 4 is 46.4 Å². The smallest absolute Gasteiger partial charge is 0.227 e. The number of benzene rings is 2. The number of hydrogen-bond acceptors (Lipinski definition) is 2. The standard InChI is InChI=1S/C15H12Cl3NO2/c16-10-4-1-2-7-13(10)21-9-8-14(20)19-12-6-3-5-11(17)15(12)18/h1-7H,8-9H2,(H,19,20). The predicted octanol–water partition coefficient (Wildman–Crippen LogP) is 5.05. The molecule has 1 amide bonds. The van der Waals surface area contributed by atoms with E-state index in [9.17, 15) is 4.79 Å². The highest BCUT2D eigenvalue weighted by Gasteiger charge is 2.09. The van der Waals surface area contributed by atoms with Crippen LogP contribution >= 0.6 is 34.8 Å². The molecule has 0 aliphatic heterocycles. The number of nitrogens with one attached hydrogen (secondary N) is 1. The summed E-state index contributed by atoms with van der Waals surface area (Å²) < 4.78 is 5.45. The molecule has 0 saturated heterocycles. The van der Waals surface area contributed by atoms with Gasteiger partial charge in [-0.25, -0.2) is 0 Å². The predicted molar refractivity (Wildman–Crippen MR) is 86.7 cm³/mol. The summed E-state index contributed by atoms with van der Waals surface area (Å²) >= 11 is 17.8. The molecule has 0 fully saturated rings. The number of halogens is 3. The molecular formula is C15H12Cl3NO2. The zero-order valence-corrected chi connectivity index (χ0v) is 13.2. The summed E-state index contributed by atoms with van der Waals surface area (Å²) in [5, 5.41) is 3.90. The molecule has 0 unspecified atom stereocenters. The average Bonchev–Trinajstić information content (AvgIpc) is 2.46. The molecule has 0 aliphatic rings. The number of rotatable bonds is 5. The number of carbonyl (C=O) groups excluding carboxylic acids is 1. The third-order valence-corrected chi connectivity index (χ3v) is 3.78. The summed E-state index contributed by atoms with van der Waals surface area (Å²) in [5.74, 6) is 0.332. The SMILES string of the molecule is O=C(CCOc1ccccc1Cl)Nc1cccc(Cl)c1Cl. The normalized spacial score (nSPS) is 10.2. The quantitative estimate of drug-likeness (QED) is 0.824. The summed E-state index contributed by atoms with van der Waals surface area (Å²) in [6.45, 7) is 0.216. The maximum atomic E-state index is 11.8. The summed E-state index contributed by atoms with van der Waals surface area (Å²) in [5.41, 5.74) is 0.479. The van der Waals surface area contributed by atoms with Crippen LogP contribution < -0.4 is 10.1 Å². The molecular weight excluding hydrogens is 333 g/mol. The van der Waals surface area contributed by atoms with Crippen LogP contribution in [0.1, 0.15) is 6.42 Å². The van der Waals surface area contributed by atoms with Gasteiger partial charge in [-0.2, -0.15) is 0 Å². The van der Waals surface area contributed by atoms with Crippen molar-refractivity contribution in [2.45, 2.75) is 6.42 Å². The van der Waals surface area contributed by atoms with E-state index >= 15 is 0 Å². The Labute approximate surface area is 137 Å². The van der Waals surface area contributed by atoms with Crippen LogP contribution in [-0.2, 0) is 4.79 Å². The number of carbonyl (C=O) groups is 1. The first-order chi connectivity index (χ1) is 10.1. The third kappa shape index (κ3) is 4.53. The Kier molecular flexibility index (Phi) is 5.74. The van der Waals surface area contributed by atoms with Gasteiger partial charge < -0.3 is 10.1 Å². The van der Waals surface area contributed by atoms with Crippen LogP contribution in [0.2, 0.25) is 15.1 Å². The highest BCUT2D eigenvalue weighted by Crippen LogP contribution is 2.29. The fourth-order valence-corrected chi connectivity index (χ4v) is 2.17. The fourth-order valence-electron chi connectivity index (χ4n) is 1.63. The first-order valence-electron chi connectivity index (χ1n) is 6.19. The second kappa shape index (κ2) is 7.55. The molecule has 0 spiro atoms. The zero-order chi connectivity index (χ0) is 15.2. The monoisotopic (exact) mass is 343 g/mol. The van der Waals surface area contributed by atoms with Gasteiger partial charge in [-0.05, 0) is 24.3 Å². The molecule has 0 aromatic heterocycles. The van der Waals surface area contributed by atoms with Crippen LogP contribution in [0.15, 0.2) is 42.5 Å². The van der Waals surface area contributed by atoms with Crippen molar-refractivity contribution < 1.29 is 9.53 Å². The van der Waals surface area contributed by atoms with Gasteiger partial charge in [0.1, 0.15) is 5.75 Å². The van der Waals surface area contributed by atoms with Crippen molar-refractivity contribution in [2.24, 2.45) is 0 Å². The lowest BCUT2D eigenvalue weighted by Crippen LogP contribution is -2.15. The molecule has 1 N–H and O–H groups in total. The second-order valence-electron chi connectivity index (χ2n) is 4.18. The van der Waals surface area contributed by atoms with E-state index < -0.39 is 0 Å². The van der Waals surface area contributed by atoms with Gasteiger partial charge in [0.05, 0.1) is 33.8 Å². The molecule has 2 aromatic carbocycles. The van der Waals surface area contributed by atoms with Gasteiger partial charge in [0.2, 0.25) is 5.91 Å². The Morgan fingerprint density at radius 2 is 1.71 bits per heavy atom. The van der Waals surface area contributed by atoms with E-state index in [4.69, 9.17) is 39.5 Å². The van der Waals surface area contributed by atoms with Crippen LogP contribution in [0.25, 0.3) is 0 Å².